The van der Waals surface area contributed by atoms with Crippen LogP contribution < -0.4 is 10.5 Å². The quantitative estimate of drug-likeness (QED) is 0.623. The number of hydrogen-bond donors (Lipinski definition) is 0. The molecule has 0 unspecified atom stereocenters. The van der Waals surface area contributed by atoms with E-state index in [9.17, 15) is 9.59 Å². The van der Waals surface area contributed by atoms with E-state index in [1.807, 2.05) is 19.2 Å². The Kier molecular flexibility index (Phi) is 3.74. The van der Waals surface area contributed by atoms with E-state index in [0.717, 1.165) is 16.8 Å². The maximum absolute atomic E-state index is 12.1. The smallest absolute Gasteiger partial charge is 0.351 e. The Hall–Kier alpha value is -2.56. The fourth-order valence-electron chi connectivity index (χ4n) is 3.12. The minimum absolute atomic E-state index is 0.0737. The van der Waals surface area contributed by atoms with Gasteiger partial charge in [-0.05, 0) is 45.4 Å². The van der Waals surface area contributed by atoms with E-state index in [2.05, 4.69) is 31.7 Å². The standard InChI is InChI=1S/C19H21NO4/c1-6-23-17(21)14-8-12-7-13-11(2)10-19(3,4)20(5)15(13)9-16(12)24-18(14)22/h7-10H,6H2,1-5H3. The van der Waals surface area contributed by atoms with Crippen molar-refractivity contribution in [3.63, 3.8) is 0 Å². The number of nitrogens with zero attached hydrogens (tertiary/aromatic N) is 1. The molecule has 0 saturated carbocycles. The Balaban J connectivity index is 2.23. The highest BCUT2D eigenvalue weighted by atomic mass is 16.5. The van der Waals surface area contributed by atoms with Crippen molar-refractivity contribution in [2.45, 2.75) is 33.2 Å². The molecule has 0 fully saturated rings. The molecule has 1 aliphatic rings. The maximum atomic E-state index is 12.1. The van der Waals surface area contributed by atoms with E-state index in [-0.39, 0.29) is 17.7 Å². The molecule has 0 spiro atoms. The first-order valence-corrected chi connectivity index (χ1v) is 7.97. The zero-order valence-electron chi connectivity index (χ0n) is 14.6. The molecule has 0 radical (unpaired) electrons. The molecule has 24 heavy (non-hydrogen) atoms. The Morgan fingerprint density at radius 1 is 1.29 bits per heavy atom. The van der Waals surface area contributed by atoms with Gasteiger partial charge in [0.15, 0.2) is 0 Å². The lowest BCUT2D eigenvalue weighted by Gasteiger charge is -2.40. The number of rotatable bonds is 2. The van der Waals surface area contributed by atoms with Gasteiger partial charge in [0, 0.05) is 29.8 Å². The topological polar surface area (TPSA) is 59.8 Å². The van der Waals surface area contributed by atoms with E-state index in [0.29, 0.717) is 11.0 Å². The number of esters is 1. The Labute approximate surface area is 140 Å². The molecule has 2 heterocycles. The second-order valence-electron chi connectivity index (χ2n) is 6.62. The van der Waals surface area contributed by atoms with Crippen LogP contribution in [0.3, 0.4) is 0 Å². The Bertz CT molecular complexity index is 921. The van der Waals surface area contributed by atoms with Gasteiger partial charge in [0.25, 0.3) is 0 Å². The minimum Gasteiger partial charge on any atom is -0.462 e. The summed E-state index contributed by atoms with van der Waals surface area (Å²) in [6, 6.07) is 5.36. The number of carbonyl (C=O) groups excluding carboxylic acids is 1. The van der Waals surface area contributed by atoms with Gasteiger partial charge in [-0.1, -0.05) is 6.08 Å². The van der Waals surface area contributed by atoms with Crippen molar-refractivity contribution >= 4 is 28.2 Å². The maximum Gasteiger partial charge on any atom is 0.351 e. The molecule has 5 nitrogen and oxygen atoms in total. The number of benzene rings is 1. The molecular weight excluding hydrogens is 306 g/mol. The third-order valence-electron chi connectivity index (χ3n) is 4.57. The fourth-order valence-corrected chi connectivity index (χ4v) is 3.12. The van der Waals surface area contributed by atoms with Crippen molar-refractivity contribution < 1.29 is 13.9 Å². The van der Waals surface area contributed by atoms with E-state index in [4.69, 9.17) is 9.15 Å². The van der Waals surface area contributed by atoms with E-state index in [1.54, 1.807) is 13.0 Å². The van der Waals surface area contributed by atoms with Crippen molar-refractivity contribution in [2.24, 2.45) is 0 Å². The van der Waals surface area contributed by atoms with Crippen molar-refractivity contribution in [1.82, 2.24) is 0 Å². The molecule has 0 bridgehead atoms. The van der Waals surface area contributed by atoms with Crippen LogP contribution in [0.5, 0.6) is 0 Å². The van der Waals surface area contributed by atoms with Gasteiger partial charge in [0.05, 0.1) is 12.1 Å². The van der Waals surface area contributed by atoms with Crippen molar-refractivity contribution in [3.8, 4) is 0 Å². The summed E-state index contributed by atoms with van der Waals surface area (Å²) < 4.78 is 10.3. The van der Waals surface area contributed by atoms with Crippen LogP contribution >= 0.6 is 0 Å². The zero-order valence-corrected chi connectivity index (χ0v) is 14.6. The highest BCUT2D eigenvalue weighted by Gasteiger charge is 2.29. The third-order valence-corrected chi connectivity index (χ3v) is 4.57. The van der Waals surface area contributed by atoms with Gasteiger partial charge in [-0.25, -0.2) is 9.59 Å². The molecule has 3 rings (SSSR count). The average Bonchev–Trinajstić information content (AvgIpc) is 2.50. The van der Waals surface area contributed by atoms with Gasteiger partial charge >= 0.3 is 11.6 Å². The van der Waals surface area contributed by atoms with Gasteiger partial charge in [-0.3, -0.25) is 0 Å². The normalized spacial score (nSPS) is 15.9. The molecule has 0 amide bonds. The van der Waals surface area contributed by atoms with Crippen LogP contribution in [0, 0.1) is 0 Å². The highest BCUT2D eigenvalue weighted by Crippen LogP contribution is 2.39. The zero-order chi connectivity index (χ0) is 17.6. The summed E-state index contributed by atoms with van der Waals surface area (Å²) in [6.07, 6.45) is 2.20. The van der Waals surface area contributed by atoms with Crippen LogP contribution in [0.4, 0.5) is 5.69 Å². The van der Waals surface area contributed by atoms with Gasteiger partial charge in [-0.2, -0.15) is 0 Å². The predicted molar refractivity (Wildman–Crippen MR) is 94.6 cm³/mol. The molecular formula is C19H21NO4. The first-order chi connectivity index (χ1) is 11.2. The number of likely N-dealkylation sites (N-methyl/N-ethyl adjacent to an activating group) is 1. The first kappa shape index (κ1) is 16.3. The summed E-state index contributed by atoms with van der Waals surface area (Å²) in [5.41, 5.74) is 2.80. The number of hydrogen-bond acceptors (Lipinski definition) is 5. The lowest BCUT2D eigenvalue weighted by Crippen LogP contribution is -2.42. The lowest BCUT2D eigenvalue weighted by atomic mass is 9.88. The number of fused-ring (bicyclic) bond motifs is 2. The molecule has 0 atom stereocenters. The summed E-state index contributed by atoms with van der Waals surface area (Å²) in [4.78, 5) is 26.1. The largest absolute Gasteiger partial charge is 0.462 e. The molecule has 5 heteroatoms. The average molecular weight is 327 g/mol. The second kappa shape index (κ2) is 5.51. The molecule has 1 aliphatic heterocycles. The minimum atomic E-state index is -0.675. The highest BCUT2D eigenvalue weighted by molar-refractivity contribution is 5.96. The lowest BCUT2D eigenvalue weighted by molar-refractivity contribution is 0.0522. The van der Waals surface area contributed by atoms with Crippen LogP contribution in [0.2, 0.25) is 0 Å². The van der Waals surface area contributed by atoms with Crippen LogP contribution in [-0.4, -0.2) is 25.2 Å². The third kappa shape index (κ3) is 2.50. The van der Waals surface area contributed by atoms with Crippen molar-refractivity contribution in [1.29, 1.82) is 0 Å². The summed E-state index contributed by atoms with van der Waals surface area (Å²) in [6.45, 7) is 8.23. The summed E-state index contributed by atoms with van der Waals surface area (Å²) >= 11 is 0. The molecule has 0 saturated heterocycles. The van der Waals surface area contributed by atoms with Gasteiger partial charge < -0.3 is 14.1 Å². The van der Waals surface area contributed by atoms with E-state index < -0.39 is 11.6 Å². The Morgan fingerprint density at radius 3 is 2.67 bits per heavy atom. The number of anilines is 1. The van der Waals surface area contributed by atoms with Crippen LogP contribution in [0.25, 0.3) is 16.5 Å². The molecule has 2 aromatic rings. The van der Waals surface area contributed by atoms with Crippen molar-refractivity contribution in [3.05, 3.63) is 45.8 Å². The summed E-state index contributed by atoms with van der Waals surface area (Å²) in [7, 11) is 2.01. The number of carbonyl (C=O) groups is 1. The summed E-state index contributed by atoms with van der Waals surface area (Å²) in [5, 5.41) is 0.706. The van der Waals surface area contributed by atoms with Gasteiger partial charge in [0.2, 0.25) is 0 Å². The molecule has 0 aliphatic carbocycles. The van der Waals surface area contributed by atoms with Gasteiger partial charge in [0.1, 0.15) is 11.1 Å². The number of ether oxygens (including phenoxy) is 1. The van der Waals surface area contributed by atoms with Crippen LogP contribution in [0.15, 0.2) is 33.5 Å². The predicted octanol–water partition coefficient (Wildman–Crippen LogP) is 3.60. The first-order valence-electron chi connectivity index (χ1n) is 7.97. The molecule has 0 N–H and O–H groups in total. The Morgan fingerprint density at radius 2 is 2.00 bits per heavy atom. The SMILES string of the molecule is CCOC(=O)c1cc2cc3c(cc2oc1=O)N(C)C(C)(C)C=C3C. The summed E-state index contributed by atoms with van der Waals surface area (Å²) in [5.74, 6) is -0.656. The van der Waals surface area contributed by atoms with Crippen molar-refractivity contribution in [2.75, 3.05) is 18.6 Å². The fraction of sp³-hybridized carbons (Fsp3) is 0.368. The monoisotopic (exact) mass is 327 g/mol. The second-order valence-corrected chi connectivity index (χ2v) is 6.62. The molecule has 126 valence electrons. The van der Waals surface area contributed by atoms with E-state index >= 15 is 0 Å². The van der Waals surface area contributed by atoms with Gasteiger partial charge in [-0.15, -0.1) is 0 Å². The molecule has 1 aromatic carbocycles. The number of allylic oxidation sites excluding steroid dienone is 1. The van der Waals surface area contributed by atoms with Crippen LogP contribution in [-0.2, 0) is 4.74 Å². The van der Waals surface area contributed by atoms with E-state index in [1.165, 1.54) is 0 Å². The molecule has 1 aromatic heterocycles. The van der Waals surface area contributed by atoms with Crippen LogP contribution in [0.1, 0.15) is 43.6 Å².